The van der Waals surface area contributed by atoms with Gasteiger partial charge in [0.05, 0.1) is 10.2 Å². The van der Waals surface area contributed by atoms with Crippen LogP contribution in [-0.4, -0.2) is 10.8 Å². The van der Waals surface area contributed by atoms with Gasteiger partial charge < -0.3 is 0 Å². The van der Waals surface area contributed by atoms with Gasteiger partial charge in [0.2, 0.25) is 0 Å². The van der Waals surface area contributed by atoms with Gasteiger partial charge in [0.15, 0.2) is 5.78 Å². The summed E-state index contributed by atoms with van der Waals surface area (Å²) in [6.45, 7) is 5.59. The molecule has 0 saturated heterocycles. The molecule has 0 aromatic carbocycles. The van der Waals surface area contributed by atoms with Crippen molar-refractivity contribution in [1.82, 2.24) is 4.98 Å². The van der Waals surface area contributed by atoms with E-state index < -0.39 is 0 Å². The first-order valence-corrected chi connectivity index (χ1v) is 5.55. The van der Waals surface area contributed by atoms with Crippen molar-refractivity contribution >= 4 is 27.3 Å². The topological polar surface area (TPSA) is 30.0 Å². The summed E-state index contributed by atoms with van der Waals surface area (Å²) < 4.78 is 1.06. The van der Waals surface area contributed by atoms with Crippen molar-refractivity contribution in [3.05, 3.63) is 41.4 Å². The molecule has 0 fully saturated rings. The Morgan fingerprint density at radius 2 is 2.40 bits per heavy atom. The Balaban J connectivity index is 2.35. The van der Waals surface area contributed by atoms with Crippen molar-refractivity contribution in [3.8, 4) is 0 Å². The number of aromatic nitrogens is 1. The normalized spacial score (nSPS) is 10.5. The average Bonchev–Trinajstić information content (AvgIpc) is 2.62. The maximum atomic E-state index is 11.7. The predicted octanol–water partition coefficient (Wildman–Crippen LogP) is 3.45. The third kappa shape index (κ3) is 2.13. The van der Waals surface area contributed by atoms with Crippen LogP contribution < -0.4 is 0 Å². The van der Waals surface area contributed by atoms with E-state index in [1.807, 2.05) is 24.4 Å². The van der Waals surface area contributed by atoms with Gasteiger partial charge in [-0.15, -0.1) is 11.3 Å². The van der Waals surface area contributed by atoms with Gasteiger partial charge in [-0.3, -0.25) is 9.78 Å². The van der Waals surface area contributed by atoms with Crippen molar-refractivity contribution in [2.75, 3.05) is 0 Å². The third-order valence-electron chi connectivity index (χ3n) is 2.09. The molecule has 0 aliphatic rings. The van der Waals surface area contributed by atoms with E-state index in [2.05, 4.69) is 11.6 Å². The molecule has 2 rings (SSSR count). The highest BCUT2D eigenvalue weighted by molar-refractivity contribution is 7.17. The summed E-state index contributed by atoms with van der Waals surface area (Å²) in [6.07, 6.45) is 2.04. The minimum Gasteiger partial charge on any atom is -0.294 e. The Kier molecular flexibility index (Phi) is 2.64. The number of fused-ring (bicyclic) bond motifs is 1. The smallest absolute Gasteiger partial charge is 0.168 e. The summed E-state index contributed by atoms with van der Waals surface area (Å²) in [6, 6.07) is 3.85. The fourth-order valence-corrected chi connectivity index (χ4v) is 2.16. The minimum atomic E-state index is 0.0882. The molecule has 2 aromatic rings. The van der Waals surface area contributed by atoms with Crippen LogP contribution in [0, 0.1) is 0 Å². The van der Waals surface area contributed by atoms with E-state index in [9.17, 15) is 4.79 Å². The molecule has 3 heteroatoms. The molecule has 0 aliphatic carbocycles. The molecule has 0 aliphatic heterocycles. The molecule has 0 radical (unpaired) electrons. The van der Waals surface area contributed by atoms with Gasteiger partial charge in [-0.2, -0.15) is 0 Å². The predicted molar refractivity (Wildman–Crippen MR) is 63.4 cm³/mol. The molecule has 0 spiro atoms. The number of carbonyl (C=O) groups is 1. The summed E-state index contributed by atoms with van der Waals surface area (Å²) >= 11 is 1.60. The number of carbonyl (C=O) groups excluding carboxylic acids is 1. The van der Waals surface area contributed by atoms with Crippen molar-refractivity contribution in [3.63, 3.8) is 0 Å². The van der Waals surface area contributed by atoms with Crippen molar-refractivity contribution < 1.29 is 4.79 Å². The van der Waals surface area contributed by atoms with Gasteiger partial charge in [-0.05, 0) is 24.4 Å². The minimum absolute atomic E-state index is 0.0882. The van der Waals surface area contributed by atoms with Gasteiger partial charge in [0.1, 0.15) is 0 Å². The summed E-state index contributed by atoms with van der Waals surface area (Å²) in [7, 11) is 0. The second-order valence-corrected chi connectivity index (χ2v) is 4.53. The van der Waals surface area contributed by atoms with E-state index in [1.165, 1.54) is 0 Å². The first-order valence-electron chi connectivity index (χ1n) is 4.67. The van der Waals surface area contributed by atoms with Gasteiger partial charge in [-0.1, -0.05) is 12.2 Å². The number of ketones is 1. The fourth-order valence-electron chi connectivity index (χ4n) is 1.38. The Morgan fingerprint density at radius 1 is 1.60 bits per heavy atom. The van der Waals surface area contributed by atoms with Crippen molar-refractivity contribution in [2.24, 2.45) is 0 Å². The second kappa shape index (κ2) is 3.95. The Labute approximate surface area is 92.3 Å². The lowest BCUT2D eigenvalue weighted by Crippen LogP contribution is -1.99. The first-order chi connectivity index (χ1) is 7.16. The molecule has 0 saturated carbocycles. The SMILES string of the molecule is C=C(C)CC(=O)c1cnc2ccsc2c1. The van der Waals surface area contributed by atoms with Crippen LogP contribution in [0.2, 0.25) is 0 Å². The van der Waals surface area contributed by atoms with Crippen LogP contribution in [0.3, 0.4) is 0 Å². The fraction of sp³-hybridized carbons (Fsp3) is 0.167. The standard InChI is InChI=1S/C12H11NOS/c1-8(2)5-11(14)9-6-12-10(13-7-9)3-4-15-12/h3-4,6-7H,1,5H2,2H3. The third-order valence-corrected chi connectivity index (χ3v) is 2.94. The number of rotatable bonds is 3. The summed E-state index contributed by atoms with van der Waals surface area (Å²) in [4.78, 5) is 16.0. The quantitative estimate of drug-likeness (QED) is 0.582. The monoisotopic (exact) mass is 217 g/mol. The molecule has 0 unspecified atom stereocenters. The summed E-state index contributed by atoms with van der Waals surface area (Å²) in [5, 5.41) is 1.98. The van der Waals surface area contributed by atoms with Crippen LogP contribution in [0.4, 0.5) is 0 Å². The maximum Gasteiger partial charge on any atom is 0.168 e. The highest BCUT2D eigenvalue weighted by atomic mass is 32.1. The Hall–Kier alpha value is -1.48. The first kappa shape index (κ1) is 10.1. The number of nitrogens with zero attached hydrogens (tertiary/aromatic N) is 1. The zero-order chi connectivity index (χ0) is 10.8. The second-order valence-electron chi connectivity index (χ2n) is 3.59. The zero-order valence-electron chi connectivity index (χ0n) is 8.49. The number of pyridine rings is 1. The number of hydrogen-bond acceptors (Lipinski definition) is 3. The van der Waals surface area contributed by atoms with Crippen molar-refractivity contribution in [2.45, 2.75) is 13.3 Å². The van der Waals surface area contributed by atoms with Gasteiger partial charge >= 0.3 is 0 Å². The number of allylic oxidation sites excluding steroid dienone is 1. The van der Waals surface area contributed by atoms with E-state index in [-0.39, 0.29) is 5.78 Å². The van der Waals surface area contributed by atoms with Crippen LogP contribution >= 0.6 is 11.3 Å². The van der Waals surface area contributed by atoms with Gasteiger partial charge in [0.25, 0.3) is 0 Å². The van der Waals surface area contributed by atoms with Crippen molar-refractivity contribution in [1.29, 1.82) is 0 Å². The number of Topliss-reactive ketones (excluding diaryl/α,β-unsaturated/α-hetero) is 1. The number of hydrogen-bond donors (Lipinski definition) is 0. The molecule has 0 amide bonds. The van der Waals surface area contributed by atoms with E-state index in [0.29, 0.717) is 12.0 Å². The van der Waals surface area contributed by atoms with Crippen LogP contribution in [0.1, 0.15) is 23.7 Å². The molecule has 0 bridgehead atoms. The molecule has 2 heterocycles. The lowest BCUT2D eigenvalue weighted by Gasteiger charge is -1.99. The summed E-state index contributed by atoms with van der Waals surface area (Å²) in [5.74, 6) is 0.0882. The van der Waals surface area contributed by atoms with Gasteiger partial charge in [-0.25, -0.2) is 0 Å². The number of thiophene rings is 1. The Morgan fingerprint density at radius 3 is 3.13 bits per heavy atom. The molecule has 2 nitrogen and oxygen atoms in total. The van der Waals surface area contributed by atoms with E-state index in [0.717, 1.165) is 15.8 Å². The molecule has 0 atom stereocenters. The van der Waals surface area contributed by atoms with Crippen LogP contribution in [-0.2, 0) is 0 Å². The van der Waals surface area contributed by atoms with E-state index in [4.69, 9.17) is 0 Å². The van der Waals surface area contributed by atoms with Crippen LogP contribution in [0.15, 0.2) is 35.9 Å². The zero-order valence-corrected chi connectivity index (χ0v) is 9.30. The Bertz CT molecular complexity index is 527. The van der Waals surface area contributed by atoms with E-state index >= 15 is 0 Å². The average molecular weight is 217 g/mol. The molecule has 15 heavy (non-hydrogen) atoms. The molecule has 0 N–H and O–H groups in total. The molecular formula is C12H11NOS. The van der Waals surface area contributed by atoms with Crippen LogP contribution in [0.25, 0.3) is 10.2 Å². The molecular weight excluding hydrogens is 206 g/mol. The van der Waals surface area contributed by atoms with Crippen LogP contribution in [0.5, 0.6) is 0 Å². The maximum absolute atomic E-state index is 11.7. The largest absolute Gasteiger partial charge is 0.294 e. The molecule has 76 valence electrons. The van der Waals surface area contributed by atoms with Gasteiger partial charge in [0, 0.05) is 18.2 Å². The highest BCUT2D eigenvalue weighted by Gasteiger charge is 2.07. The van der Waals surface area contributed by atoms with E-state index in [1.54, 1.807) is 17.5 Å². The summed E-state index contributed by atoms with van der Waals surface area (Å²) in [5.41, 5.74) is 2.51. The highest BCUT2D eigenvalue weighted by Crippen LogP contribution is 2.20. The molecule has 2 aromatic heterocycles. The lowest BCUT2D eigenvalue weighted by molar-refractivity contribution is 0.0993. The lowest BCUT2D eigenvalue weighted by atomic mass is 10.1.